The minimum atomic E-state index is -2.06. The van der Waals surface area contributed by atoms with Crippen molar-refractivity contribution >= 4 is 29.1 Å². The van der Waals surface area contributed by atoms with Crippen molar-refractivity contribution in [3.8, 4) is 23.0 Å². The van der Waals surface area contributed by atoms with Gasteiger partial charge in [-0.3, -0.25) is 4.79 Å². The van der Waals surface area contributed by atoms with Crippen LogP contribution in [0.2, 0.25) is 5.02 Å². The molecule has 0 saturated carbocycles. The number of phenolic OH excluding ortho intramolecular Hbond substituents is 1. The fourth-order valence-electron chi connectivity index (χ4n) is 8.01. The summed E-state index contributed by atoms with van der Waals surface area (Å²) < 4.78 is 41.8. The van der Waals surface area contributed by atoms with Crippen molar-refractivity contribution in [1.82, 2.24) is 5.32 Å². The maximum absolute atomic E-state index is 13.4. The zero-order valence-corrected chi connectivity index (χ0v) is 31.1. The Kier molecular flexibility index (Phi) is 9.09. The van der Waals surface area contributed by atoms with Crippen molar-refractivity contribution < 1.29 is 68.3 Å². The minimum absolute atomic E-state index is 0.00177. The molecule has 2 saturated heterocycles. The van der Waals surface area contributed by atoms with Gasteiger partial charge in [0.1, 0.15) is 23.6 Å². The molecule has 16 heteroatoms. The molecule has 3 aromatic carbocycles. The van der Waals surface area contributed by atoms with Crippen molar-refractivity contribution in [3.63, 3.8) is 0 Å². The van der Waals surface area contributed by atoms with E-state index in [4.69, 9.17) is 44.8 Å². The molecule has 2 fully saturated rings. The van der Waals surface area contributed by atoms with Gasteiger partial charge in [-0.15, -0.1) is 0 Å². The maximum Gasteiger partial charge on any atom is 0.342 e. The number of hydrogen-bond donors (Lipinski definition) is 6. The summed E-state index contributed by atoms with van der Waals surface area (Å²) >= 11 is 6.91. The lowest BCUT2D eigenvalue weighted by atomic mass is 9.86. The Morgan fingerprint density at radius 3 is 2.49 bits per heavy atom. The number of ether oxygens (including phenoxy) is 7. The number of hydrogen-bond acceptors (Lipinski definition) is 14. The van der Waals surface area contributed by atoms with Crippen LogP contribution in [-0.2, 0) is 23.7 Å². The first-order valence-electron chi connectivity index (χ1n) is 17.6. The third kappa shape index (κ3) is 5.67. The quantitative estimate of drug-likeness (QED) is 0.157. The Balaban J connectivity index is 1.19. The molecule has 4 heterocycles. The number of nitrogens with one attached hydrogen (secondary N) is 1. The monoisotopic (exact) mass is 781 g/mol. The molecule has 292 valence electrons. The van der Waals surface area contributed by atoms with E-state index in [1.807, 2.05) is 0 Å². The molecule has 1 amide bonds. The molecule has 0 radical (unpaired) electrons. The highest BCUT2D eigenvalue weighted by Gasteiger charge is 2.63. The van der Waals surface area contributed by atoms with Crippen LogP contribution in [0.5, 0.6) is 23.0 Å². The Labute approximate surface area is 319 Å². The van der Waals surface area contributed by atoms with E-state index in [0.717, 1.165) is 0 Å². The second-order valence-electron chi connectivity index (χ2n) is 14.6. The summed E-state index contributed by atoms with van der Waals surface area (Å²) in [7, 11) is 2.69. The summed E-state index contributed by atoms with van der Waals surface area (Å²) in [5.41, 5.74) is -0.791. The number of phenols is 1. The van der Waals surface area contributed by atoms with E-state index >= 15 is 0 Å². The zero-order valence-electron chi connectivity index (χ0n) is 30.4. The first-order valence-corrected chi connectivity index (χ1v) is 18.0. The van der Waals surface area contributed by atoms with E-state index < -0.39 is 72.2 Å². The normalized spacial score (nSPS) is 33.1. The number of halogens is 1. The second kappa shape index (κ2) is 13.3. The number of benzene rings is 3. The van der Waals surface area contributed by atoms with Crippen LogP contribution in [0, 0.1) is 13.8 Å². The topological polar surface area (TPSA) is 215 Å². The van der Waals surface area contributed by atoms with Crippen molar-refractivity contribution in [1.29, 1.82) is 0 Å². The Morgan fingerprint density at radius 1 is 1.02 bits per heavy atom. The number of rotatable bonds is 6. The number of aliphatic hydroxyl groups excluding tert-OH is 3. The molecule has 4 aliphatic heterocycles. The molecule has 55 heavy (non-hydrogen) atoms. The molecule has 0 spiro atoms. The Bertz CT molecular complexity index is 2140. The summed E-state index contributed by atoms with van der Waals surface area (Å²) in [5.74, 6) is -2.04. The second-order valence-corrected chi connectivity index (χ2v) is 14.9. The Morgan fingerprint density at radius 2 is 1.76 bits per heavy atom. The van der Waals surface area contributed by atoms with Crippen LogP contribution in [0.25, 0.3) is 5.57 Å². The SMILES string of the molecule is COc1cc2c(Cl)c(c1OC)O[C@@H]1c3ccc(cc3C3=CC[C@@H](O)[C@@]31O[C@H]1OC[C@H](NC(=O)c3c(C)ccc(C)c3O)[C@](C)(O)[C@@H]1O)[C@@H]1O[C@@H]1OC(=O)[C@@H]2O. The summed E-state index contributed by atoms with van der Waals surface area (Å²) in [6, 6.07) is 8.79. The maximum atomic E-state index is 13.4. The van der Waals surface area contributed by atoms with Crippen LogP contribution < -0.4 is 19.5 Å². The first-order chi connectivity index (χ1) is 26.1. The van der Waals surface area contributed by atoms with Gasteiger partial charge >= 0.3 is 5.97 Å². The number of fused-ring (bicyclic) bond motifs is 4. The molecular weight excluding hydrogens is 742 g/mol. The number of amides is 1. The lowest BCUT2D eigenvalue weighted by molar-refractivity contribution is -0.316. The van der Waals surface area contributed by atoms with Gasteiger partial charge in [-0.25, -0.2) is 4.79 Å². The molecular formula is C39H40ClNO14. The summed E-state index contributed by atoms with van der Waals surface area (Å²) in [6.45, 7) is 4.29. The van der Waals surface area contributed by atoms with Gasteiger partial charge in [-0.2, -0.15) is 0 Å². The fraction of sp³-hybridized carbons (Fsp3) is 0.436. The van der Waals surface area contributed by atoms with Gasteiger partial charge in [0, 0.05) is 11.1 Å². The predicted octanol–water partition coefficient (Wildman–Crippen LogP) is 2.97. The van der Waals surface area contributed by atoms with E-state index in [0.29, 0.717) is 33.4 Å². The lowest BCUT2D eigenvalue weighted by Gasteiger charge is -2.48. The van der Waals surface area contributed by atoms with Gasteiger partial charge in [0.15, 0.2) is 35.6 Å². The van der Waals surface area contributed by atoms with E-state index in [2.05, 4.69) is 5.32 Å². The number of esters is 1. The standard InChI is InChI=1S/C39H40ClNO14/c1-15-6-7-16(2)27(43)25(15)34(46)41-23-14-51-37(32(45)38(23,3)48)55-39-21(10-11-24(39)42)19-12-17-8-9-18(19)33(39)52-31-26(40)20(13-22(49-4)30(31)50-5)28(44)35(47)54-36-29(17)53-36/h6-10,12-13,23-24,28-29,32-33,36-37,42-45,48H,11,14H2,1-5H3,(H,41,46)/t23-,24+,28+,29-,32+,33+,36+,37+,38-,39-/m0/s1. The minimum Gasteiger partial charge on any atom is -0.507 e. The third-order valence-electron chi connectivity index (χ3n) is 11.3. The van der Waals surface area contributed by atoms with E-state index in [1.165, 1.54) is 27.2 Å². The van der Waals surface area contributed by atoms with Crippen LogP contribution in [-0.4, -0.2) is 100 Å². The average molecular weight is 782 g/mol. The molecule has 15 nitrogen and oxygen atoms in total. The molecule has 9 rings (SSSR count). The number of aromatic hydroxyl groups is 1. The number of carbonyl (C=O) groups excluding carboxylic acids is 2. The van der Waals surface area contributed by atoms with E-state index in [-0.39, 0.29) is 52.2 Å². The van der Waals surface area contributed by atoms with Crippen molar-refractivity contribution in [2.75, 3.05) is 20.8 Å². The van der Waals surface area contributed by atoms with Crippen molar-refractivity contribution in [2.24, 2.45) is 0 Å². The predicted molar refractivity (Wildman–Crippen MR) is 191 cm³/mol. The smallest absolute Gasteiger partial charge is 0.342 e. The third-order valence-corrected chi connectivity index (χ3v) is 11.7. The first kappa shape index (κ1) is 37.5. The van der Waals surface area contributed by atoms with E-state index in [1.54, 1.807) is 50.3 Å². The molecule has 10 atom stereocenters. The highest BCUT2D eigenvalue weighted by Crippen LogP contribution is 2.61. The zero-order chi connectivity index (χ0) is 39.3. The average Bonchev–Trinajstić information content (AvgIpc) is 3.78. The summed E-state index contributed by atoms with van der Waals surface area (Å²) in [6.07, 6.45) is -7.68. The summed E-state index contributed by atoms with van der Waals surface area (Å²) in [4.78, 5) is 26.5. The van der Waals surface area contributed by atoms with Crippen LogP contribution in [0.4, 0.5) is 0 Å². The number of aliphatic hydroxyl groups is 4. The van der Waals surface area contributed by atoms with Gasteiger partial charge in [-0.1, -0.05) is 41.9 Å². The largest absolute Gasteiger partial charge is 0.507 e. The highest BCUT2D eigenvalue weighted by molar-refractivity contribution is 6.33. The van der Waals surface area contributed by atoms with Gasteiger partial charge in [0.25, 0.3) is 5.91 Å². The van der Waals surface area contributed by atoms with Crippen molar-refractivity contribution in [3.05, 3.63) is 86.4 Å². The molecule has 6 bridgehead atoms. The van der Waals surface area contributed by atoms with Gasteiger partial charge in [0.2, 0.25) is 12.0 Å². The fourth-order valence-corrected chi connectivity index (χ4v) is 8.30. The number of methoxy groups -OCH3 is 2. The molecule has 6 N–H and O–H groups in total. The number of epoxide rings is 1. The lowest BCUT2D eigenvalue weighted by Crippen LogP contribution is -2.68. The number of carbonyl (C=O) groups is 2. The van der Waals surface area contributed by atoms with E-state index in [9.17, 15) is 35.1 Å². The van der Waals surface area contributed by atoms with Gasteiger partial charge in [-0.05, 0) is 67.2 Å². The highest BCUT2D eigenvalue weighted by atomic mass is 35.5. The van der Waals surface area contributed by atoms with Crippen LogP contribution in [0.15, 0.2) is 42.5 Å². The van der Waals surface area contributed by atoms with Gasteiger partial charge in [0.05, 0.1) is 43.6 Å². The Hall–Kier alpha value is -4.45. The molecule has 0 aromatic heterocycles. The molecule has 3 aromatic rings. The van der Waals surface area contributed by atoms with Crippen LogP contribution in [0.1, 0.15) is 75.4 Å². The van der Waals surface area contributed by atoms with Crippen molar-refractivity contribution in [2.45, 2.75) is 87.5 Å². The molecule has 2 aliphatic carbocycles. The molecule has 6 aliphatic rings. The van der Waals surface area contributed by atoms with Crippen LogP contribution in [0.3, 0.4) is 0 Å². The van der Waals surface area contributed by atoms with Gasteiger partial charge < -0.3 is 64.0 Å². The van der Waals surface area contributed by atoms with Crippen LogP contribution >= 0.6 is 11.6 Å². The number of aryl methyl sites for hydroxylation is 2. The molecule has 0 unspecified atom stereocenters. The summed E-state index contributed by atoms with van der Waals surface area (Å²) in [5, 5.41) is 59.8.